The van der Waals surface area contributed by atoms with Crippen molar-refractivity contribution in [1.82, 2.24) is 9.55 Å². The summed E-state index contributed by atoms with van der Waals surface area (Å²) in [5.41, 5.74) is 6.69. The fraction of sp³-hybridized carbons (Fsp3) is 0.500. The summed E-state index contributed by atoms with van der Waals surface area (Å²) < 4.78 is 1.89. The molecule has 0 fully saturated rings. The molecule has 0 aromatic carbocycles. The van der Waals surface area contributed by atoms with E-state index >= 15 is 0 Å². The monoisotopic (exact) mass is 177 g/mol. The Balaban J connectivity index is 3.20. The van der Waals surface area contributed by atoms with E-state index in [4.69, 9.17) is 12.2 Å². The van der Waals surface area contributed by atoms with Crippen LogP contribution in [-0.2, 0) is 6.54 Å². The lowest BCUT2D eigenvalue weighted by atomic mass is 10.2. The molecule has 1 aromatic rings. The van der Waals surface area contributed by atoms with Gasteiger partial charge in [-0.2, -0.15) is 0 Å². The van der Waals surface area contributed by atoms with E-state index in [2.05, 4.69) is 24.8 Å². The summed E-state index contributed by atoms with van der Waals surface area (Å²) in [6, 6.07) is 0. The van der Waals surface area contributed by atoms with Crippen LogP contribution in [0.1, 0.15) is 31.3 Å². The first-order chi connectivity index (χ1) is 6.07. The van der Waals surface area contributed by atoms with Gasteiger partial charge in [0.05, 0.1) is 12.2 Å². The number of hydrogen-bond donors (Lipinski definition) is 1. The average Bonchev–Trinajstić information content (AvgIpc) is 2.33. The molecule has 1 heterocycles. The van der Waals surface area contributed by atoms with Crippen molar-refractivity contribution in [3.63, 3.8) is 0 Å². The fourth-order valence-corrected chi connectivity index (χ4v) is 1.31. The molecular weight excluding hydrogens is 162 g/mol. The van der Waals surface area contributed by atoms with E-state index in [1.54, 1.807) is 0 Å². The van der Waals surface area contributed by atoms with E-state index in [-0.39, 0.29) is 0 Å². The fourth-order valence-electron chi connectivity index (χ4n) is 1.31. The lowest BCUT2D eigenvalue weighted by Gasteiger charge is -2.07. The molecule has 1 aromatic heterocycles. The van der Waals surface area contributed by atoms with Crippen LogP contribution in [0.25, 0.3) is 0 Å². The molecule has 3 nitrogen and oxygen atoms in total. The van der Waals surface area contributed by atoms with Gasteiger partial charge in [0.1, 0.15) is 11.6 Å². The van der Waals surface area contributed by atoms with Crippen LogP contribution < -0.4 is 5.73 Å². The van der Waals surface area contributed by atoms with Gasteiger partial charge in [-0.15, -0.1) is 6.42 Å². The number of nitrogen functional groups attached to an aromatic ring is 1. The van der Waals surface area contributed by atoms with Gasteiger partial charge in [0.25, 0.3) is 0 Å². The summed E-state index contributed by atoms with van der Waals surface area (Å²) in [4.78, 5) is 4.37. The van der Waals surface area contributed by atoms with Crippen molar-refractivity contribution in [2.75, 3.05) is 5.73 Å². The standard InChI is InChI=1S/C10H15N3/c1-5-6-13-9(11)8(4)12-10(13)7(2)3/h1,7H,6,11H2,2-4H3. The highest BCUT2D eigenvalue weighted by atomic mass is 15.1. The predicted octanol–water partition coefficient (Wildman–Crippen LogP) is 1.53. The van der Waals surface area contributed by atoms with Crippen molar-refractivity contribution < 1.29 is 0 Å². The summed E-state index contributed by atoms with van der Waals surface area (Å²) in [5, 5.41) is 0. The number of rotatable bonds is 2. The SMILES string of the molecule is C#CCn1c(C(C)C)nc(C)c1N. The third-order valence-electron chi connectivity index (χ3n) is 1.99. The Labute approximate surface area is 79.0 Å². The Morgan fingerprint density at radius 1 is 1.62 bits per heavy atom. The zero-order chi connectivity index (χ0) is 10.0. The van der Waals surface area contributed by atoms with Crippen molar-refractivity contribution >= 4 is 5.82 Å². The van der Waals surface area contributed by atoms with Gasteiger partial charge < -0.3 is 10.3 Å². The first-order valence-corrected chi connectivity index (χ1v) is 4.33. The van der Waals surface area contributed by atoms with E-state index in [9.17, 15) is 0 Å². The maximum absolute atomic E-state index is 5.83. The van der Waals surface area contributed by atoms with Gasteiger partial charge >= 0.3 is 0 Å². The molecule has 0 radical (unpaired) electrons. The summed E-state index contributed by atoms with van der Waals surface area (Å²) in [5.74, 6) is 4.58. The number of aromatic nitrogens is 2. The van der Waals surface area contributed by atoms with E-state index < -0.39 is 0 Å². The molecular formula is C10H15N3. The van der Waals surface area contributed by atoms with Crippen molar-refractivity contribution in [2.24, 2.45) is 0 Å². The molecule has 0 saturated carbocycles. The molecule has 0 saturated heterocycles. The van der Waals surface area contributed by atoms with Gasteiger partial charge in [0.15, 0.2) is 0 Å². The van der Waals surface area contributed by atoms with Crippen molar-refractivity contribution in [3.05, 3.63) is 11.5 Å². The van der Waals surface area contributed by atoms with Crippen LogP contribution in [0.4, 0.5) is 5.82 Å². The Morgan fingerprint density at radius 2 is 2.23 bits per heavy atom. The van der Waals surface area contributed by atoms with Gasteiger partial charge in [-0.1, -0.05) is 19.8 Å². The minimum atomic E-state index is 0.351. The van der Waals surface area contributed by atoms with Crippen molar-refractivity contribution in [3.8, 4) is 12.3 Å². The first kappa shape index (κ1) is 9.66. The van der Waals surface area contributed by atoms with Gasteiger partial charge in [0.2, 0.25) is 0 Å². The van der Waals surface area contributed by atoms with Crippen LogP contribution in [0.2, 0.25) is 0 Å². The molecule has 3 heteroatoms. The minimum absolute atomic E-state index is 0.351. The number of nitrogens with two attached hydrogens (primary N) is 1. The van der Waals surface area contributed by atoms with E-state index in [1.807, 2.05) is 11.5 Å². The number of imidazole rings is 1. The van der Waals surface area contributed by atoms with Gasteiger partial charge in [-0.25, -0.2) is 4.98 Å². The second kappa shape index (κ2) is 3.53. The molecule has 0 spiro atoms. The molecule has 13 heavy (non-hydrogen) atoms. The number of terminal acetylenes is 1. The zero-order valence-electron chi connectivity index (χ0n) is 8.33. The highest BCUT2D eigenvalue weighted by Crippen LogP contribution is 2.19. The molecule has 0 aliphatic heterocycles. The van der Waals surface area contributed by atoms with E-state index in [0.717, 1.165) is 11.5 Å². The molecule has 0 unspecified atom stereocenters. The highest BCUT2D eigenvalue weighted by molar-refractivity contribution is 5.38. The van der Waals surface area contributed by atoms with Gasteiger partial charge in [0, 0.05) is 5.92 Å². The lowest BCUT2D eigenvalue weighted by molar-refractivity contribution is 0.691. The number of aryl methyl sites for hydroxylation is 1. The van der Waals surface area contributed by atoms with Gasteiger partial charge in [-0.05, 0) is 6.92 Å². The second-order valence-corrected chi connectivity index (χ2v) is 3.39. The Hall–Kier alpha value is -1.43. The molecule has 0 aliphatic carbocycles. The lowest BCUT2D eigenvalue weighted by Crippen LogP contribution is -2.07. The van der Waals surface area contributed by atoms with Crippen molar-refractivity contribution in [1.29, 1.82) is 0 Å². The first-order valence-electron chi connectivity index (χ1n) is 4.33. The summed E-state index contributed by atoms with van der Waals surface area (Å²) >= 11 is 0. The highest BCUT2D eigenvalue weighted by Gasteiger charge is 2.13. The second-order valence-electron chi connectivity index (χ2n) is 3.39. The van der Waals surface area contributed by atoms with Crippen LogP contribution >= 0.6 is 0 Å². The molecule has 0 bridgehead atoms. The molecule has 0 amide bonds. The normalized spacial score (nSPS) is 10.4. The maximum atomic E-state index is 5.83. The zero-order valence-corrected chi connectivity index (χ0v) is 8.33. The number of hydrogen-bond acceptors (Lipinski definition) is 2. The van der Waals surface area contributed by atoms with E-state index in [0.29, 0.717) is 18.3 Å². The summed E-state index contributed by atoms with van der Waals surface area (Å²) in [7, 11) is 0. The number of anilines is 1. The van der Waals surface area contributed by atoms with Crippen molar-refractivity contribution in [2.45, 2.75) is 33.2 Å². The van der Waals surface area contributed by atoms with E-state index in [1.165, 1.54) is 0 Å². The smallest absolute Gasteiger partial charge is 0.127 e. The summed E-state index contributed by atoms with van der Waals surface area (Å²) in [6.45, 7) is 6.55. The molecule has 0 atom stereocenters. The third kappa shape index (κ3) is 1.67. The third-order valence-corrected chi connectivity index (χ3v) is 1.99. The van der Waals surface area contributed by atoms with Crippen LogP contribution in [0, 0.1) is 19.3 Å². The Kier molecular flexibility index (Phi) is 2.62. The Morgan fingerprint density at radius 3 is 2.69 bits per heavy atom. The Bertz CT molecular complexity index is 342. The minimum Gasteiger partial charge on any atom is -0.384 e. The maximum Gasteiger partial charge on any atom is 0.127 e. The average molecular weight is 177 g/mol. The topological polar surface area (TPSA) is 43.8 Å². The molecule has 2 N–H and O–H groups in total. The van der Waals surface area contributed by atoms with Crippen LogP contribution in [0.3, 0.4) is 0 Å². The van der Waals surface area contributed by atoms with Crippen LogP contribution in [-0.4, -0.2) is 9.55 Å². The number of nitrogens with zero attached hydrogens (tertiary/aromatic N) is 2. The molecule has 1 rings (SSSR count). The molecule has 0 aliphatic rings. The largest absolute Gasteiger partial charge is 0.384 e. The van der Waals surface area contributed by atoms with Crippen LogP contribution in [0.5, 0.6) is 0 Å². The summed E-state index contributed by atoms with van der Waals surface area (Å²) in [6.07, 6.45) is 5.25. The van der Waals surface area contributed by atoms with Gasteiger partial charge in [-0.3, -0.25) is 0 Å². The quantitative estimate of drug-likeness (QED) is 0.696. The van der Waals surface area contributed by atoms with Crippen LogP contribution in [0.15, 0.2) is 0 Å². The molecule has 70 valence electrons. The predicted molar refractivity (Wildman–Crippen MR) is 54.3 cm³/mol.